The first kappa shape index (κ1) is 27.5. The van der Waals surface area contributed by atoms with Crippen molar-refractivity contribution in [2.24, 2.45) is 7.05 Å². The van der Waals surface area contributed by atoms with Crippen LogP contribution in [-0.4, -0.2) is 40.3 Å². The molecule has 13 heteroatoms. The molecule has 0 radical (unpaired) electrons. The minimum absolute atomic E-state index is 0.0101. The molecule has 0 spiro atoms. The summed E-state index contributed by atoms with van der Waals surface area (Å²) in [5.41, 5.74) is -0.709. The number of nitrogens with one attached hydrogen (secondary N) is 1. The predicted molar refractivity (Wildman–Crippen MR) is 140 cm³/mol. The third-order valence-electron chi connectivity index (χ3n) is 6.44. The number of rotatable bonds is 8. The second-order valence-corrected chi connectivity index (χ2v) is 9.27. The van der Waals surface area contributed by atoms with Gasteiger partial charge in [0.2, 0.25) is 5.91 Å². The first-order valence-electron chi connectivity index (χ1n) is 12.1. The highest BCUT2D eigenvalue weighted by Crippen LogP contribution is 2.31. The molecular weight excluding hydrogens is 512 g/mol. The lowest BCUT2D eigenvalue weighted by Gasteiger charge is -2.16. The fraction of sp³-hybridized carbons (Fsp3) is 0.346. The third-order valence-corrected chi connectivity index (χ3v) is 6.44. The van der Waals surface area contributed by atoms with Crippen LogP contribution in [0.3, 0.4) is 0 Å². The van der Waals surface area contributed by atoms with Gasteiger partial charge in [-0.15, -0.1) is 0 Å². The Hall–Kier alpha value is -4.55. The fourth-order valence-corrected chi connectivity index (χ4v) is 4.15. The van der Waals surface area contributed by atoms with E-state index in [-0.39, 0.29) is 47.0 Å². The number of ketones is 1. The van der Waals surface area contributed by atoms with E-state index in [1.165, 1.54) is 50.1 Å². The predicted octanol–water partition coefficient (Wildman–Crippen LogP) is 2.95. The lowest BCUT2D eigenvalue weighted by Crippen LogP contribution is -2.41. The zero-order chi connectivity index (χ0) is 28.6. The molecule has 0 fully saturated rings. The van der Waals surface area contributed by atoms with E-state index in [0.29, 0.717) is 11.3 Å². The van der Waals surface area contributed by atoms with E-state index in [0.717, 1.165) is 16.1 Å². The van der Waals surface area contributed by atoms with Gasteiger partial charge in [0.05, 0.1) is 18.6 Å². The number of imidazole rings is 1. The van der Waals surface area contributed by atoms with Gasteiger partial charge in [-0.3, -0.25) is 28.5 Å². The van der Waals surface area contributed by atoms with E-state index in [4.69, 9.17) is 0 Å². The number of Topliss-reactive ketones (excluding diaryl/α,β-unsaturated/α-hetero) is 1. The SMILES string of the molecule is CCC(=O)Cn1c(=O)c2c(ncn2[C@@H](C)C(=O)Nc2cccc(-c3cnc(C)c(C(C)(F)F)c3)n2)n(C)c1=O. The normalized spacial score (nSPS) is 12.5. The molecule has 1 N–H and O–H groups in total. The van der Waals surface area contributed by atoms with Crippen molar-refractivity contribution in [1.29, 1.82) is 0 Å². The number of hydrogen-bond acceptors (Lipinski definition) is 7. The Labute approximate surface area is 221 Å². The van der Waals surface area contributed by atoms with E-state index in [2.05, 4.69) is 20.3 Å². The van der Waals surface area contributed by atoms with Gasteiger partial charge in [-0.2, -0.15) is 0 Å². The zero-order valence-electron chi connectivity index (χ0n) is 22.0. The van der Waals surface area contributed by atoms with Crippen LogP contribution in [0, 0.1) is 6.92 Å². The van der Waals surface area contributed by atoms with Gasteiger partial charge in [0.15, 0.2) is 16.9 Å². The van der Waals surface area contributed by atoms with Crippen molar-refractivity contribution in [2.45, 2.75) is 52.6 Å². The monoisotopic (exact) mass is 539 g/mol. The second-order valence-electron chi connectivity index (χ2n) is 9.27. The highest BCUT2D eigenvalue weighted by molar-refractivity contribution is 5.93. The Kier molecular flexibility index (Phi) is 7.27. The highest BCUT2D eigenvalue weighted by atomic mass is 19.3. The molecule has 4 aromatic heterocycles. The number of carbonyl (C=O) groups excluding carboxylic acids is 2. The Morgan fingerprint density at radius 2 is 1.90 bits per heavy atom. The van der Waals surface area contributed by atoms with Crippen molar-refractivity contribution in [2.75, 3.05) is 5.32 Å². The van der Waals surface area contributed by atoms with Crippen LogP contribution in [0.1, 0.15) is 44.5 Å². The molecule has 0 aliphatic carbocycles. The quantitative estimate of drug-likeness (QED) is 0.364. The maximum atomic E-state index is 14.0. The topological polar surface area (TPSA) is 134 Å². The summed E-state index contributed by atoms with van der Waals surface area (Å²) in [6, 6.07) is 5.09. The van der Waals surface area contributed by atoms with Crippen molar-refractivity contribution in [3.05, 3.63) is 68.9 Å². The number of amides is 1. The number of fused-ring (bicyclic) bond motifs is 1. The average molecular weight is 540 g/mol. The standard InChI is InChI=1S/C26H27F2N7O4/c1-6-17(36)12-34-24(38)21-22(33(5)25(34)39)30-13-35(21)15(3)23(37)32-20-9-7-8-19(31-20)16-10-18(26(4,27)28)14(2)29-11-16/h7-11,13,15H,6,12H2,1-5H3,(H,31,32,37)/t15-/m0/s1. The highest BCUT2D eigenvalue weighted by Gasteiger charge is 2.28. The molecule has 1 amide bonds. The second kappa shape index (κ2) is 10.3. The summed E-state index contributed by atoms with van der Waals surface area (Å²) in [6.07, 6.45) is 2.85. The van der Waals surface area contributed by atoms with Gasteiger partial charge in [0.25, 0.3) is 11.5 Å². The van der Waals surface area contributed by atoms with E-state index in [9.17, 15) is 28.0 Å². The molecule has 11 nitrogen and oxygen atoms in total. The number of carbonyl (C=O) groups is 2. The minimum Gasteiger partial charge on any atom is -0.312 e. The maximum absolute atomic E-state index is 14.0. The number of pyridine rings is 2. The van der Waals surface area contributed by atoms with Crippen LogP contribution in [0.2, 0.25) is 0 Å². The smallest absolute Gasteiger partial charge is 0.312 e. The number of aromatic nitrogens is 6. The summed E-state index contributed by atoms with van der Waals surface area (Å²) in [7, 11) is 1.42. The van der Waals surface area contributed by atoms with Crippen molar-refractivity contribution in [3.8, 4) is 11.3 Å². The van der Waals surface area contributed by atoms with Crippen LogP contribution >= 0.6 is 0 Å². The number of nitrogens with zero attached hydrogens (tertiary/aromatic N) is 6. The minimum atomic E-state index is -3.09. The fourth-order valence-electron chi connectivity index (χ4n) is 4.15. The first-order chi connectivity index (χ1) is 18.3. The summed E-state index contributed by atoms with van der Waals surface area (Å²) in [4.78, 5) is 63.5. The number of hydrogen-bond donors (Lipinski definition) is 1. The number of halogens is 2. The average Bonchev–Trinajstić information content (AvgIpc) is 3.34. The molecule has 0 aliphatic heterocycles. The molecule has 0 unspecified atom stereocenters. The first-order valence-corrected chi connectivity index (χ1v) is 12.1. The molecule has 0 bridgehead atoms. The number of anilines is 1. The van der Waals surface area contributed by atoms with Gasteiger partial charge in [-0.05, 0) is 32.0 Å². The zero-order valence-corrected chi connectivity index (χ0v) is 22.0. The summed E-state index contributed by atoms with van der Waals surface area (Å²) in [6.45, 7) is 5.06. The summed E-state index contributed by atoms with van der Waals surface area (Å²) in [5.74, 6) is -3.79. The van der Waals surface area contributed by atoms with Crippen molar-refractivity contribution < 1.29 is 18.4 Å². The lowest BCUT2D eigenvalue weighted by molar-refractivity contribution is -0.120. The Morgan fingerprint density at radius 3 is 2.56 bits per heavy atom. The summed E-state index contributed by atoms with van der Waals surface area (Å²) in [5, 5.41) is 2.66. The molecule has 0 aromatic carbocycles. The molecular formula is C26H27F2N7O4. The largest absolute Gasteiger partial charge is 0.332 e. The molecule has 4 heterocycles. The van der Waals surface area contributed by atoms with E-state index >= 15 is 0 Å². The third kappa shape index (κ3) is 5.24. The molecule has 1 atom stereocenters. The Bertz CT molecular complexity index is 1720. The van der Waals surface area contributed by atoms with E-state index in [1.807, 2.05) is 0 Å². The van der Waals surface area contributed by atoms with Crippen molar-refractivity contribution in [1.82, 2.24) is 28.7 Å². The molecule has 0 saturated carbocycles. The van der Waals surface area contributed by atoms with Crippen molar-refractivity contribution >= 4 is 28.7 Å². The van der Waals surface area contributed by atoms with Gasteiger partial charge in [-0.1, -0.05) is 13.0 Å². The van der Waals surface area contributed by atoms with Gasteiger partial charge >= 0.3 is 5.69 Å². The van der Waals surface area contributed by atoms with Crippen LogP contribution in [0.4, 0.5) is 14.6 Å². The van der Waals surface area contributed by atoms with Gasteiger partial charge in [0, 0.05) is 43.4 Å². The van der Waals surface area contributed by atoms with Crippen molar-refractivity contribution in [3.63, 3.8) is 0 Å². The Balaban J connectivity index is 1.66. The van der Waals surface area contributed by atoms with E-state index < -0.39 is 29.1 Å². The number of alkyl halides is 2. The van der Waals surface area contributed by atoms with Crippen LogP contribution in [0.15, 0.2) is 46.4 Å². The summed E-state index contributed by atoms with van der Waals surface area (Å²) < 4.78 is 31.3. The van der Waals surface area contributed by atoms with Gasteiger partial charge < -0.3 is 9.88 Å². The molecule has 4 aromatic rings. The molecule has 39 heavy (non-hydrogen) atoms. The van der Waals surface area contributed by atoms with Crippen LogP contribution in [0.5, 0.6) is 0 Å². The molecule has 0 saturated heterocycles. The molecule has 0 aliphatic rings. The van der Waals surface area contributed by atoms with Crippen LogP contribution in [0.25, 0.3) is 22.4 Å². The van der Waals surface area contributed by atoms with E-state index in [1.54, 1.807) is 19.1 Å². The van der Waals surface area contributed by atoms with Crippen LogP contribution in [-0.2, 0) is 29.1 Å². The lowest BCUT2D eigenvalue weighted by atomic mass is 10.0. The maximum Gasteiger partial charge on any atom is 0.332 e. The van der Waals surface area contributed by atoms with Gasteiger partial charge in [-0.25, -0.2) is 23.5 Å². The molecule has 4 rings (SSSR count). The summed E-state index contributed by atoms with van der Waals surface area (Å²) >= 11 is 0. The van der Waals surface area contributed by atoms with Gasteiger partial charge in [0.1, 0.15) is 11.9 Å². The van der Waals surface area contributed by atoms with Crippen LogP contribution < -0.4 is 16.6 Å². The molecule has 204 valence electrons. The Morgan fingerprint density at radius 1 is 1.18 bits per heavy atom. The number of aryl methyl sites for hydroxylation is 2.